The van der Waals surface area contributed by atoms with Gasteiger partial charge in [-0.1, -0.05) is 35.6 Å². The molecule has 0 bridgehead atoms. The molecule has 22 heavy (non-hydrogen) atoms. The maximum atomic E-state index is 4.59. The molecule has 0 spiro atoms. The summed E-state index contributed by atoms with van der Waals surface area (Å²) in [5, 5.41) is 4.29. The van der Waals surface area contributed by atoms with Gasteiger partial charge in [0.25, 0.3) is 0 Å². The summed E-state index contributed by atoms with van der Waals surface area (Å²) in [5.41, 5.74) is 3.33. The van der Waals surface area contributed by atoms with Crippen molar-refractivity contribution in [2.24, 2.45) is 0 Å². The van der Waals surface area contributed by atoms with Crippen LogP contribution >= 0.6 is 11.3 Å². The highest BCUT2D eigenvalue weighted by Gasteiger charge is 2.03. The first kappa shape index (κ1) is 13.0. The fourth-order valence-electron chi connectivity index (χ4n) is 2.33. The van der Waals surface area contributed by atoms with Gasteiger partial charge in [-0.25, -0.2) is 9.97 Å². The molecule has 2 aromatic heterocycles. The van der Waals surface area contributed by atoms with E-state index >= 15 is 0 Å². The lowest BCUT2D eigenvalue weighted by molar-refractivity contribution is 0.797. The van der Waals surface area contributed by atoms with Gasteiger partial charge in [-0.2, -0.15) is 0 Å². The van der Waals surface area contributed by atoms with Crippen LogP contribution in [0.5, 0.6) is 0 Å². The minimum Gasteiger partial charge on any atom is -0.333 e. The van der Waals surface area contributed by atoms with E-state index in [0.29, 0.717) is 0 Å². The second-order valence-electron chi connectivity index (χ2n) is 5.04. The molecule has 0 aliphatic heterocycles. The van der Waals surface area contributed by atoms with Crippen molar-refractivity contribution in [2.45, 2.75) is 6.54 Å². The third-order valence-electron chi connectivity index (χ3n) is 3.42. The first-order valence-electron chi connectivity index (χ1n) is 7.04. The normalized spacial score (nSPS) is 10.9. The highest BCUT2D eigenvalue weighted by atomic mass is 32.1. The first-order chi connectivity index (χ1) is 10.9. The summed E-state index contributed by atoms with van der Waals surface area (Å²) in [6, 6.07) is 16.6. The zero-order valence-corrected chi connectivity index (χ0v) is 12.6. The zero-order valence-electron chi connectivity index (χ0n) is 11.8. The summed E-state index contributed by atoms with van der Waals surface area (Å²) >= 11 is 1.67. The molecule has 0 amide bonds. The Morgan fingerprint density at radius 1 is 1.05 bits per heavy atom. The van der Waals surface area contributed by atoms with Gasteiger partial charge < -0.3 is 9.88 Å². The van der Waals surface area contributed by atoms with Crippen LogP contribution in [0.2, 0.25) is 0 Å². The Morgan fingerprint density at radius 2 is 1.91 bits per heavy atom. The largest absolute Gasteiger partial charge is 0.333 e. The van der Waals surface area contributed by atoms with Crippen LogP contribution < -0.4 is 5.32 Å². The van der Waals surface area contributed by atoms with Gasteiger partial charge in [0.05, 0.1) is 16.5 Å². The van der Waals surface area contributed by atoms with Crippen LogP contribution in [0.3, 0.4) is 0 Å². The van der Waals surface area contributed by atoms with Crippen molar-refractivity contribution in [3.63, 3.8) is 0 Å². The Hall–Kier alpha value is -2.66. The van der Waals surface area contributed by atoms with Crippen LogP contribution in [0.15, 0.2) is 67.3 Å². The molecule has 0 aliphatic rings. The van der Waals surface area contributed by atoms with Gasteiger partial charge in [-0.3, -0.25) is 0 Å². The lowest BCUT2D eigenvalue weighted by atomic mass is 10.2. The number of hydrogen-bond acceptors (Lipinski definition) is 4. The second-order valence-corrected chi connectivity index (χ2v) is 6.07. The van der Waals surface area contributed by atoms with E-state index < -0.39 is 0 Å². The van der Waals surface area contributed by atoms with Gasteiger partial charge in [-0.05, 0) is 29.8 Å². The fourth-order valence-corrected chi connectivity index (χ4v) is 3.22. The molecular weight excluding hydrogens is 292 g/mol. The minimum atomic E-state index is 0.835. The summed E-state index contributed by atoms with van der Waals surface area (Å²) in [7, 11) is 0. The SMILES string of the molecule is c1ccc2sc(Nc3ccc(Cn4ccnc4)cc3)nc2c1. The zero-order chi connectivity index (χ0) is 14.8. The molecule has 0 saturated heterocycles. The van der Waals surface area contributed by atoms with Gasteiger partial charge in [0, 0.05) is 24.6 Å². The first-order valence-corrected chi connectivity index (χ1v) is 7.86. The predicted octanol–water partition coefficient (Wildman–Crippen LogP) is 4.28. The topological polar surface area (TPSA) is 42.7 Å². The molecule has 0 saturated carbocycles. The van der Waals surface area contributed by atoms with Gasteiger partial charge >= 0.3 is 0 Å². The standard InChI is InChI=1S/C17H14N4S/c1-2-4-16-15(3-1)20-17(22-16)19-14-7-5-13(6-8-14)11-21-10-9-18-12-21/h1-10,12H,11H2,(H,19,20). The summed E-state index contributed by atoms with van der Waals surface area (Å²) in [6.45, 7) is 0.835. The number of imidazole rings is 1. The highest BCUT2D eigenvalue weighted by Crippen LogP contribution is 2.28. The third kappa shape index (κ3) is 2.71. The monoisotopic (exact) mass is 306 g/mol. The number of nitrogens with zero attached hydrogens (tertiary/aromatic N) is 3. The van der Waals surface area contributed by atoms with Crippen molar-refractivity contribution in [3.05, 3.63) is 72.8 Å². The van der Waals surface area contributed by atoms with Crippen molar-refractivity contribution in [2.75, 3.05) is 5.32 Å². The molecule has 0 unspecified atom stereocenters. The molecule has 0 atom stereocenters. The van der Waals surface area contributed by atoms with Gasteiger partial charge in [0.1, 0.15) is 0 Å². The Balaban J connectivity index is 1.50. The average molecular weight is 306 g/mol. The highest BCUT2D eigenvalue weighted by molar-refractivity contribution is 7.22. The molecule has 4 nitrogen and oxygen atoms in total. The van der Waals surface area contributed by atoms with E-state index in [4.69, 9.17) is 0 Å². The van der Waals surface area contributed by atoms with Crippen LogP contribution in [0.25, 0.3) is 10.2 Å². The molecule has 2 aromatic carbocycles. The smallest absolute Gasteiger partial charge is 0.188 e. The van der Waals surface area contributed by atoms with E-state index in [0.717, 1.165) is 22.9 Å². The maximum Gasteiger partial charge on any atom is 0.188 e. The summed E-state index contributed by atoms with van der Waals surface area (Å²) in [4.78, 5) is 8.64. The van der Waals surface area contributed by atoms with Crippen molar-refractivity contribution in [1.29, 1.82) is 0 Å². The number of anilines is 2. The van der Waals surface area contributed by atoms with Crippen LogP contribution in [0.4, 0.5) is 10.8 Å². The Kier molecular flexibility index (Phi) is 3.33. The fraction of sp³-hybridized carbons (Fsp3) is 0.0588. The molecule has 4 rings (SSSR count). The van der Waals surface area contributed by atoms with E-state index in [1.807, 2.05) is 30.7 Å². The molecule has 4 aromatic rings. The molecular formula is C17H14N4S. The predicted molar refractivity (Wildman–Crippen MR) is 90.7 cm³/mol. The van der Waals surface area contributed by atoms with Crippen LogP contribution in [0.1, 0.15) is 5.56 Å². The molecule has 0 radical (unpaired) electrons. The number of thiazole rings is 1. The molecule has 0 aliphatic carbocycles. The quantitative estimate of drug-likeness (QED) is 0.612. The van der Waals surface area contributed by atoms with Crippen molar-refractivity contribution < 1.29 is 0 Å². The molecule has 2 heterocycles. The number of rotatable bonds is 4. The van der Waals surface area contributed by atoms with E-state index in [9.17, 15) is 0 Å². The van der Waals surface area contributed by atoms with Gasteiger partial charge in [0.15, 0.2) is 5.13 Å². The van der Waals surface area contributed by atoms with Crippen LogP contribution in [0, 0.1) is 0 Å². The molecule has 5 heteroatoms. The van der Waals surface area contributed by atoms with Crippen molar-refractivity contribution in [1.82, 2.24) is 14.5 Å². The molecule has 1 N–H and O–H groups in total. The molecule has 0 fully saturated rings. The third-order valence-corrected chi connectivity index (χ3v) is 4.38. The van der Waals surface area contributed by atoms with Gasteiger partial charge in [0.2, 0.25) is 0 Å². The maximum absolute atomic E-state index is 4.59. The van der Waals surface area contributed by atoms with E-state index in [1.54, 1.807) is 17.5 Å². The van der Waals surface area contributed by atoms with Gasteiger partial charge in [-0.15, -0.1) is 0 Å². The number of benzene rings is 2. The summed E-state index contributed by atoms with van der Waals surface area (Å²) in [6.07, 6.45) is 5.59. The number of aromatic nitrogens is 3. The lowest BCUT2D eigenvalue weighted by Gasteiger charge is -2.05. The van der Waals surface area contributed by atoms with Crippen LogP contribution in [-0.4, -0.2) is 14.5 Å². The van der Waals surface area contributed by atoms with Crippen molar-refractivity contribution in [3.8, 4) is 0 Å². The number of nitrogens with one attached hydrogen (secondary N) is 1. The Labute approximate surface area is 132 Å². The summed E-state index contributed by atoms with van der Waals surface area (Å²) in [5.74, 6) is 0. The van der Waals surface area contributed by atoms with E-state index in [2.05, 4.69) is 50.2 Å². The number of para-hydroxylation sites is 1. The second kappa shape index (κ2) is 5.61. The Bertz CT molecular complexity index is 846. The molecule has 108 valence electrons. The minimum absolute atomic E-state index is 0.835. The summed E-state index contributed by atoms with van der Waals surface area (Å²) < 4.78 is 3.25. The number of fused-ring (bicyclic) bond motifs is 1. The van der Waals surface area contributed by atoms with Crippen molar-refractivity contribution >= 4 is 32.4 Å². The lowest BCUT2D eigenvalue weighted by Crippen LogP contribution is -1.96. The number of hydrogen-bond donors (Lipinski definition) is 1. The van der Waals surface area contributed by atoms with E-state index in [1.165, 1.54) is 10.3 Å². The average Bonchev–Trinajstić information content (AvgIpc) is 3.18. The van der Waals surface area contributed by atoms with Crippen LogP contribution in [-0.2, 0) is 6.54 Å². The van der Waals surface area contributed by atoms with E-state index in [-0.39, 0.29) is 0 Å². The Morgan fingerprint density at radius 3 is 2.68 bits per heavy atom.